The summed E-state index contributed by atoms with van der Waals surface area (Å²) in [5.74, 6) is 0.930. The summed E-state index contributed by atoms with van der Waals surface area (Å²) in [7, 11) is 0. The minimum atomic E-state index is 0.655. The predicted octanol–water partition coefficient (Wildman–Crippen LogP) is 3.16. The summed E-state index contributed by atoms with van der Waals surface area (Å²) in [5, 5.41) is 7.83. The van der Waals surface area contributed by atoms with E-state index in [1.165, 1.54) is 16.7 Å². The van der Waals surface area contributed by atoms with E-state index in [0.717, 1.165) is 31.1 Å². The van der Waals surface area contributed by atoms with Gasteiger partial charge in [0.15, 0.2) is 0 Å². The number of hydrogen-bond acceptors (Lipinski definition) is 3. The van der Waals surface area contributed by atoms with Gasteiger partial charge < -0.3 is 10.1 Å². The van der Waals surface area contributed by atoms with Crippen molar-refractivity contribution >= 4 is 0 Å². The third kappa shape index (κ3) is 4.46. The Morgan fingerprint density at radius 2 is 2.09 bits per heavy atom. The molecule has 1 aromatic carbocycles. The molecule has 22 heavy (non-hydrogen) atoms. The number of nitrogens with one attached hydrogen (secondary N) is 1. The van der Waals surface area contributed by atoms with Gasteiger partial charge in [-0.2, -0.15) is 5.10 Å². The van der Waals surface area contributed by atoms with Crippen LogP contribution >= 0.6 is 0 Å². The van der Waals surface area contributed by atoms with Gasteiger partial charge in [-0.3, -0.25) is 4.68 Å². The highest BCUT2D eigenvalue weighted by Gasteiger charge is 2.03. The van der Waals surface area contributed by atoms with Crippen LogP contribution in [-0.2, 0) is 13.1 Å². The molecule has 0 aliphatic rings. The molecule has 0 saturated heterocycles. The van der Waals surface area contributed by atoms with Crippen molar-refractivity contribution in [1.29, 1.82) is 0 Å². The summed E-state index contributed by atoms with van der Waals surface area (Å²) in [5.41, 5.74) is 4.82. The average molecular weight is 299 g/mol. The van der Waals surface area contributed by atoms with Gasteiger partial charge in [0.1, 0.15) is 12.4 Å². The number of ether oxygens (including phenoxy) is 1. The normalized spacial score (nSPS) is 10.7. The van der Waals surface area contributed by atoms with Crippen molar-refractivity contribution in [3.63, 3.8) is 0 Å². The lowest BCUT2D eigenvalue weighted by Crippen LogP contribution is -2.20. The van der Waals surface area contributed by atoms with Crippen LogP contribution < -0.4 is 10.1 Å². The van der Waals surface area contributed by atoms with Gasteiger partial charge in [0.05, 0.1) is 12.2 Å². The standard InChI is InChI=1S/C18H25N3O/c1-5-9-21-13-17(16(4)20-21)12-19-8-10-22-18-7-6-14(2)15(3)11-18/h5-7,11,13,19H,1,8-10,12H2,2-4H3. The Kier molecular flexibility index (Phi) is 5.78. The van der Waals surface area contributed by atoms with E-state index >= 15 is 0 Å². The largest absolute Gasteiger partial charge is 0.492 e. The van der Waals surface area contributed by atoms with E-state index in [4.69, 9.17) is 4.74 Å². The molecule has 0 unspecified atom stereocenters. The molecule has 0 bridgehead atoms. The average Bonchev–Trinajstić information content (AvgIpc) is 2.83. The molecule has 1 N–H and O–H groups in total. The Morgan fingerprint density at radius 3 is 2.82 bits per heavy atom. The zero-order valence-corrected chi connectivity index (χ0v) is 13.7. The van der Waals surface area contributed by atoms with Crippen molar-refractivity contribution in [2.45, 2.75) is 33.9 Å². The van der Waals surface area contributed by atoms with Crippen molar-refractivity contribution in [2.24, 2.45) is 0 Å². The molecule has 1 heterocycles. The van der Waals surface area contributed by atoms with Crippen LogP contribution in [0.15, 0.2) is 37.1 Å². The summed E-state index contributed by atoms with van der Waals surface area (Å²) >= 11 is 0. The van der Waals surface area contributed by atoms with E-state index in [9.17, 15) is 0 Å². The smallest absolute Gasteiger partial charge is 0.119 e. The lowest BCUT2D eigenvalue weighted by Gasteiger charge is -2.09. The molecule has 0 aliphatic heterocycles. The van der Waals surface area contributed by atoms with Crippen LogP contribution in [0.25, 0.3) is 0 Å². The monoisotopic (exact) mass is 299 g/mol. The van der Waals surface area contributed by atoms with Gasteiger partial charge in [-0.1, -0.05) is 12.1 Å². The highest BCUT2D eigenvalue weighted by Crippen LogP contribution is 2.16. The first-order valence-corrected chi connectivity index (χ1v) is 7.64. The number of hydrogen-bond donors (Lipinski definition) is 1. The maximum absolute atomic E-state index is 5.76. The van der Waals surface area contributed by atoms with Crippen LogP contribution in [0, 0.1) is 20.8 Å². The number of nitrogens with zero attached hydrogens (tertiary/aromatic N) is 2. The van der Waals surface area contributed by atoms with E-state index in [0.29, 0.717) is 6.61 Å². The number of allylic oxidation sites excluding steroid dienone is 1. The SMILES string of the molecule is C=CCn1cc(CNCCOc2ccc(C)c(C)c2)c(C)n1. The van der Waals surface area contributed by atoms with Gasteiger partial charge in [-0.05, 0) is 44.0 Å². The molecule has 4 nitrogen and oxygen atoms in total. The van der Waals surface area contributed by atoms with Gasteiger partial charge in [-0.15, -0.1) is 6.58 Å². The maximum atomic E-state index is 5.76. The van der Waals surface area contributed by atoms with Gasteiger partial charge in [0.2, 0.25) is 0 Å². The molecular formula is C18H25N3O. The molecular weight excluding hydrogens is 274 g/mol. The van der Waals surface area contributed by atoms with Crippen molar-refractivity contribution < 1.29 is 4.74 Å². The van der Waals surface area contributed by atoms with Crippen LogP contribution in [-0.4, -0.2) is 22.9 Å². The van der Waals surface area contributed by atoms with Gasteiger partial charge in [0.25, 0.3) is 0 Å². The summed E-state index contributed by atoms with van der Waals surface area (Å²) < 4.78 is 7.66. The minimum absolute atomic E-state index is 0.655. The summed E-state index contributed by atoms with van der Waals surface area (Å²) in [6.45, 7) is 13.0. The fourth-order valence-corrected chi connectivity index (χ4v) is 2.23. The number of aromatic nitrogens is 2. The molecule has 0 fully saturated rings. The van der Waals surface area contributed by atoms with Crippen LogP contribution in [0.3, 0.4) is 0 Å². The van der Waals surface area contributed by atoms with Crippen LogP contribution in [0.1, 0.15) is 22.4 Å². The van der Waals surface area contributed by atoms with Crippen molar-refractivity contribution in [1.82, 2.24) is 15.1 Å². The number of benzene rings is 1. The zero-order valence-electron chi connectivity index (χ0n) is 13.7. The summed E-state index contributed by atoms with van der Waals surface area (Å²) in [6.07, 6.45) is 3.91. The second-order valence-corrected chi connectivity index (χ2v) is 5.52. The van der Waals surface area contributed by atoms with E-state index < -0.39 is 0 Å². The van der Waals surface area contributed by atoms with E-state index in [1.54, 1.807) is 0 Å². The first-order chi connectivity index (χ1) is 10.6. The van der Waals surface area contributed by atoms with Crippen LogP contribution in [0.5, 0.6) is 5.75 Å². The van der Waals surface area contributed by atoms with Gasteiger partial charge in [0, 0.05) is 24.8 Å². The Labute approximate surface area is 132 Å². The highest BCUT2D eigenvalue weighted by molar-refractivity contribution is 5.33. The lowest BCUT2D eigenvalue weighted by atomic mass is 10.1. The van der Waals surface area contributed by atoms with Crippen molar-refractivity contribution in [3.8, 4) is 5.75 Å². The Bertz CT molecular complexity index is 631. The molecule has 0 aliphatic carbocycles. The molecule has 1 aromatic heterocycles. The quantitative estimate of drug-likeness (QED) is 0.601. The molecule has 0 radical (unpaired) electrons. The van der Waals surface area contributed by atoms with Gasteiger partial charge in [-0.25, -0.2) is 0 Å². The number of rotatable bonds is 8. The van der Waals surface area contributed by atoms with Crippen LogP contribution in [0.4, 0.5) is 0 Å². The number of aryl methyl sites for hydroxylation is 3. The summed E-state index contributed by atoms with van der Waals surface area (Å²) in [4.78, 5) is 0. The molecule has 2 aromatic rings. The fourth-order valence-electron chi connectivity index (χ4n) is 2.23. The van der Waals surface area contributed by atoms with Crippen molar-refractivity contribution in [2.75, 3.05) is 13.2 Å². The topological polar surface area (TPSA) is 39.1 Å². The van der Waals surface area contributed by atoms with E-state index in [2.05, 4.69) is 49.2 Å². The third-order valence-electron chi connectivity index (χ3n) is 3.71. The molecule has 118 valence electrons. The van der Waals surface area contributed by atoms with E-state index in [-0.39, 0.29) is 0 Å². The molecule has 0 amide bonds. The molecule has 0 atom stereocenters. The second-order valence-electron chi connectivity index (χ2n) is 5.52. The second kappa shape index (κ2) is 7.80. The Morgan fingerprint density at radius 1 is 1.27 bits per heavy atom. The minimum Gasteiger partial charge on any atom is -0.492 e. The van der Waals surface area contributed by atoms with Gasteiger partial charge >= 0.3 is 0 Å². The zero-order chi connectivity index (χ0) is 15.9. The molecule has 4 heteroatoms. The lowest BCUT2D eigenvalue weighted by molar-refractivity contribution is 0.313. The van der Waals surface area contributed by atoms with E-state index in [1.807, 2.05) is 23.7 Å². The first-order valence-electron chi connectivity index (χ1n) is 7.64. The van der Waals surface area contributed by atoms with Crippen LogP contribution in [0.2, 0.25) is 0 Å². The maximum Gasteiger partial charge on any atom is 0.119 e. The highest BCUT2D eigenvalue weighted by atomic mass is 16.5. The Hall–Kier alpha value is -2.07. The Balaban J connectivity index is 1.73. The summed E-state index contributed by atoms with van der Waals surface area (Å²) in [6, 6.07) is 6.19. The first kappa shape index (κ1) is 16.3. The molecule has 0 spiro atoms. The molecule has 2 rings (SSSR count). The fraction of sp³-hybridized carbons (Fsp3) is 0.389. The predicted molar refractivity (Wildman–Crippen MR) is 90.3 cm³/mol. The molecule has 0 saturated carbocycles. The van der Waals surface area contributed by atoms with Crippen molar-refractivity contribution in [3.05, 3.63) is 59.4 Å². The third-order valence-corrected chi connectivity index (χ3v) is 3.71.